The number of hydrogen-bond acceptors (Lipinski definition) is 7. The largest absolute Gasteiger partial charge is 0.497 e. The molecule has 2 aromatic heterocycles. The van der Waals surface area contributed by atoms with Crippen LogP contribution in [-0.4, -0.2) is 35.6 Å². The van der Waals surface area contributed by atoms with E-state index in [1.807, 2.05) is 12.1 Å². The molecule has 0 fully saturated rings. The Morgan fingerprint density at radius 2 is 1.86 bits per heavy atom. The zero-order valence-corrected chi connectivity index (χ0v) is 17.7. The number of hydrogen-bond donors (Lipinski definition) is 1. The van der Waals surface area contributed by atoms with Crippen molar-refractivity contribution in [3.8, 4) is 16.3 Å². The predicted octanol–water partition coefficient (Wildman–Crippen LogP) is 4.62. The van der Waals surface area contributed by atoms with Crippen molar-refractivity contribution in [1.82, 2.24) is 9.97 Å². The summed E-state index contributed by atoms with van der Waals surface area (Å²) >= 11 is 13.2. The van der Waals surface area contributed by atoms with Crippen LogP contribution in [0, 0.1) is 6.92 Å². The maximum absolute atomic E-state index is 12.2. The smallest absolute Gasteiger partial charge is 0.358 e. The Balaban J connectivity index is 1.59. The van der Waals surface area contributed by atoms with E-state index in [0.717, 1.165) is 11.3 Å². The van der Waals surface area contributed by atoms with Crippen molar-refractivity contribution in [1.29, 1.82) is 0 Å². The average molecular weight is 452 g/mol. The van der Waals surface area contributed by atoms with Crippen LogP contribution in [0.5, 0.6) is 5.75 Å². The SMILES string of the molecule is COc1ccc(-c2nc(C(=O)OCC(=O)Nc3nc(C)c(Cl)cc3Cl)cs2)cc1. The molecular weight excluding hydrogens is 437 g/mol. The highest BCUT2D eigenvalue weighted by molar-refractivity contribution is 7.13. The molecule has 1 amide bonds. The minimum absolute atomic E-state index is 0.118. The number of thiazole rings is 1. The van der Waals surface area contributed by atoms with Gasteiger partial charge in [0.05, 0.1) is 22.8 Å². The number of nitrogens with one attached hydrogen (secondary N) is 1. The van der Waals surface area contributed by atoms with Gasteiger partial charge in [0.2, 0.25) is 0 Å². The van der Waals surface area contributed by atoms with E-state index in [9.17, 15) is 9.59 Å². The molecule has 0 saturated heterocycles. The van der Waals surface area contributed by atoms with E-state index in [1.54, 1.807) is 31.5 Å². The molecule has 3 rings (SSSR count). The fourth-order valence-electron chi connectivity index (χ4n) is 2.25. The highest BCUT2D eigenvalue weighted by Gasteiger charge is 2.16. The van der Waals surface area contributed by atoms with Gasteiger partial charge in [-0.2, -0.15) is 0 Å². The molecule has 0 aliphatic rings. The van der Waals surface area contributed by atoms with Crippen molar-refractivity contribution >= 4 is 52.2 Å². The normalized spacial score (nSPS) is 10.5. The van der Waals surface area contributed by atoms with Crippen molar-refractivity contribution < 1.29 is 19.1 Å². The van der Waals surface area contributed by atoms with E-state index in [-0.39, 0.29) is 16.5 Å². The molecular formula is C19H15Cl2N3O4S. The molecule has 3 aromatic rings. The molecule has 0 atom stereocenters. The number of aromatic nitrogens is 2. The van der Waals surface area contributed by atoms with Crippen LogP contribution >= 0.6 is 34.5 Å². The van der Waals surface area contributed by atoms with E-state index in [1.165, 1.54) is 17.4 Å². The first-order valence-corrected chi connectivity index (χ1v) is 9.90. The highest BCUT2D eigenvalue weighted by Crippen LogP contribution is 2.27. The van der Waals surface area contributed by atoms with Crippen LogP contribution in [0.2, 0.25) is 10.0 Å². The van der Waals surface area contributed by atoms with E-state index < -0.39 is 18.5 Å². The number of halogens is 2. The third-order valence-electron chi connectivity index (χ3n) is 3.75. The summed E-state index contributed by atoms with van der Waals surface area (Å²) in [5, 5.41) is 5.27. The van der Waals surface area contributed by atoms with Gasteiger partial charge in [0, 0.05) is 10.9 Å². The van der Waals surface area contributed by atoms with Gasteiger partial charge in [0.1, 0.15) is 10.8 Å². The van der Waals surface area contributed by atoms with Crippen molar-refractivity contribution in [3.63, 3.8) is 0 Å². The molecule has 150 valence electrons. The number of ether oxygens (including phenoxy) is 2. The lowest BCUT2D eigenvalue weighted by atomic mass is 10.2. The molecule has 0 spiro atoms. The lowest BCUT2D eigenvalue weighted by Crippen LogP contribution is -2.22. The molecule has 1 N–H and O–H groups in total. The molecule has 2 heterocycles. The van der Waals surface area contributed by atoms with Gasteiger partial charge in [-0.1, -0.05) is 23.2 Å². The molecule has 0 bridgehead atoms. The zero-order valence-electron chi connectivity index (χ0n) is 15.4. The number of anilines is 1. The summed E-state index contributed by atoms with van der Waals surface area (Å²) in [6, 6.07) is 8.76. The van der Waals surface area contributed by atoms with Gasteiger partial charge >= 0.3 is 5.97 Å². The predicted molar refractivity (Wildman–Crippen MR) is 112 cm³/mol. The lowest BCUT2D eigenvalue weighted by Gasteiger charge is -2.08. The van der Waals surface area contributed by atoms with Crippen LogP contribution in [0.1, 0.15) is 16.2 Å². The molecule has 0 radical (unpaired) electrons. The zero-order chi connectivity index (χ0) is 21.0. The summed E-state index contributed by atoms with van der Waals surface area (Å²) in [6.07, 6.45) is 0. The number of rotatable bonds is 6. The molecule has 0 aliphatic heterocycles. The fraction of sp³-hybridized carbons (Fsp3) is 0.158. The highest BCUT2D eigenvalue weighted by atomic mass is 35.5. The summed E-state index contributed by atoms with van der Waals surface area (Å²) in [5.74, 6) is -0.422. The van der Waals surface area contributed by atoms with Crippen molar-refractivity contribution in [3.05, 3.63) is 57.1 Å². The van der Waals surface area contributed by atoms with Gasteiger partial charge < -0.3 is 14.8 Å². The maximum atomic E-state index is 12.2. The molecule has 29 heavy (non-hydrogen) atoms. The maximum Gasteiger partial charge on any atom is 0.358 e. The standard InChI is InChI=1S/C19H15Cl2N3O4S/c1-10-13(20)7-14(21)17(22-10)24-16(25)8-28-19(26)15-9-29-18(23-15)11-3-5-12(27-2)6-4-11/h3-7,9H,8H2,1-2H3,(H,22,24,25). The average Bonchev–Trinajstić information content (AvgIpc) is 3.20. The molecule has 0 saturated carbocycles. The third-order valence-corrected chi connectivity index (χ3v) is 5.31. The van der Waals surface area contributed by atoms with E-state index in [4.69, 9.17) is 32.7 Å². The Morgan fingerprint density at radius 1 is 1.14 bits per heavy atom. The number of nitrogens with zero attached hydrogens (tertiary/aromatic N) is 2. The topological polar surface area (TPSA) is 90.4 Å². The second-order valence-corrected chi connectivity index (χ2v) is 7.45. The quantitative estimate of drug-likeness (QED) is 0.549. The van der Waals surface area contributed by atoms with Crippen molar-refractivity contribution in [2.75, 3.05) is 19.0 Å². The Bertz CT molecular complexity index is 1050. The number of amides is 1. The minimum Gasteiger partial charge on any atom is -0.497 e. The Kier molecular flexibility index (Phi) is 6.68. The van der Waals surface area contributed by atoms with Gasteiger partial charge in [-0.3, -0.25) is 4.79 Å². The molecule has 10 heteroatoms. The number of aryl methyl sites for hydroxylation is 1. The van der Waals surface area contributed by atoms with Crippen molar-refractivity contribution in [2.24, 2.45) is 0 Å². The number of benzene rings is 1. The summed E-state index contributed by atoms with van der Waals surface area (Å²) in [5.41, 5.74) is 1.47. The molecule has 7 nitrogen and oxygen atoms in total. The summed E-state index contributed by atoms with van der Waals surface area (Å²) in [7, 11) is 1.58. The minimum atomic E-state index is -0.706. The van der Waals surface area contributed by atoms with Crippen LogP contribution in [0.25, 0.3) is 10.6 Å². The lowest BCUT2D eigenvalue weighted by molar-refractivity contribution is -0.119. The Hall–Kier alpha value is -2.68. The van der Waals surface area contributed by atoms with Crippen LogP contribution in [0.3, 0.4) is 0 Å². The number of esters is 1. The van der Waals surface area contributed by atoms with Crippen LogP contribution in [0.4, 0.5) is 5.82 Å². The Morgan fingerprint density at radius 3 is 2.55 bits per heavy atom. The summed E-state index contributed by atoms with van der Waals surface area (Å²) in [4.78, 5) is 32.6. The fourth-order valence-corrected chi connectivity index (χ4v) is 3.45. The van der Waals surface area contributed by atoms with E-state index >= 15 is 0 Å². The van der Waals surface area contributed by atoms with Crippen molar-refractivity contribution in [2.45, 2.75) is 6.92 Å². The first-order valence-electron chi connectivity index (χ1n) is 8.27. The van der Waals surface area contributed by atoms with E-state index in [0.29, 0.717) is 15.7 Å². The monoisotopic (exact) mass is 451 g/mol. The second-order valence-electron chi connectivity index (χ2n) is 5.78. The number of pyridine rings is 1. The third kappa shape index (κ3) is 5.23. The number of carbonyl (C=O) groups excluding carboxylic acids is 2. The van der Waals surface area contributed by atoms with Crippen LogP contribution < -0.4 is 10.1 Å². The molecule has 0 aliphatic carbocycles. The molecule has 0 unspecified atom stereocenters. The first-order chi connectivity index (χ1) is 13.9. The molecule has 1 aromatic carbocycles. The Labute approximate surface area is 180 Å². The van der Waals surface area contributed by atoms with Gasteiger partial charge in [0.15, 0.2) is 18.1 Å². The van der Waals surface area contributed by atoms with Gasteiger partial charge in [-0.15, -0.1) is 11.3 Å². The second kappa shape index (κ2) is 9.21. The van der Waals surface area contributed by atoms with E-state index in [2.05, 4.69) is 15.3 Å². The van der Waals surface area contributed by atoms with Crippen LogP contribution in [-0.2, 0) is 9.53 Å². The number of carbonyl (C=O) groups is 2. The van der Waals surface area contributed by atoms with Gasteiger partial charge in [-0.25, -0.2) is 14.8 Å². The van der Waals surface area contributed by atoms with Crippen LogP contribution in [0.15, 0.2) is 35.7 Å². The first kappa shape index (κ1) is 21.0. The summed E-state index contributed by atoms with van der Waals surface area (Å²) < 4.78 is 10.1. The number of methoxy groups -OCH3 is 1. The van der Waals surface area contributed by atoms with Gasteiger partial charge in [0.25, 0.3) is 5.91 Å². The van der Waals surface area contributed by atoms with Gasteiger partial charge in [-0.05, 0) is 37.3 Å². The summed E-state index contributed by atoms with van der Waals surface area (Å²) in [6.45, 7) is 1.17.